The molecular formula is C16H22N4OS2. The fraction of sp³-hybridized carbons (Fsp3) is 0.500. The lowest BCUT2D eigenvalue weighted by atomic mass is 10.2. The average Bonchev–Trinajstić information content (AvgIpc) is 3.02. The zero-order valence-electron chi connectivity index (χ0n) is 13.3. The van der Waals surface area contributed by atoms with E-state index in [2.05, 4.69) is 57.7 Å². The summed E-state index contributed by atoms with van der Waals surface area (Å²) in [6.45, 7) is 6.71. The minimum absolute atomic E-state index is 0.254. The van der Waals surface area contributed by atoms with E-state index < -0.39 is 0 Å². The Kier molecular flexibility index (Phi) is 6.27. The number of thioether (sulfide) groups is 1. The minimum atomic E-state index is 0.254. The Labute approximate surface area is 145 Å². The van der Waals surface area contributed by atoms with Crippen LogP contribution in [0.2, 0.25) is 0 Å². The number of aromatic nitrogens is 2. The lowest BCUT2D eigenvalue weighted by molar-refractivity contribution is -0.0187. The van der Waals surface area contributed by atoms with Gasteiger partial charge < -0.3 is 10.1 Å². The van der Waals surface area contributed by atoms with Crippen LogP contribution in [-0.2, 0) is 11.3 Å². The van der Waals surface area contributed by atoms with E-state index >= 15 is 0 Å². The molecule has 1 aromatic heterocycles. The highest BCUT2D eigenvalue weighted by molar-refractivity contribution is 8.01. The fourth-order valence-electron chi connectivity index (χ4n) is 2.52. The van der Waals surface area contributed by atoms with Gasteiger partial charge in [-0.25, -0.2) is 0 Å². The van der Waals surface area contributed by atoms with Gasteiger partial charge in [0, 0.05) is 31.9 Å². The number of anilines is 1. The molecule has 1 saturated heterocycles. The number of ether oxygens (including phenoxy) is 1. The Hall–Kier alpha value is -1.15. The first kappa shape index (κ1) is 16.7. The zero-order chi connectivity index (χ0) is 15.9. The molecule has 0 saturated carbocycles. The SMILES string of the molecule is CCNc1nnc(SCC2CN(Cc3ccccc3)CCO2)s1. The molecule has 1 atom stereocenters. The maximum atomic E-state index is 5.90. The summed E-state index contributed by atoms with van der Waals surface area (Å²) >= 11 is 3.35. The van der Waals surface area contributed by atoms with E-state index in [1.807, 2.05) is 0 Å². The number of nitrogens with one attached hydrogen (secondary N) is 1. The largest absolute Gasteiger partial charge is 0.375 e. The van der Waals surface area contributed by atoms with Crippen LogP contribution in [0.3, 0.4) is 0 Å². The summed E-state index contributed by atoms with van der Waals surface area (Å²) in [5.41, 5.74) is 1.36. The highest BCUT2D eigenvalue weighted by Crippen LogP contribution is 2.27. The third kappa shape index (κ3) is 5.17. The molecule has 1 aromatic carbocycles. The smallest absolute Gasteiger partial charge is 0.206 e. The van der Waals surface area contributed by atoms with Gasteiger partial charge in [0.05, 0.1) is 12.7 Å². The Morgan fingerprint density at radius 2 is 2.22 bits per heavy atom. The molecule has 0 radical (unpaired) electrons. The van der Waals surface area contributed by atoms with Gasteiger partial charge in [0.2, 0.25) is 5.13 Å². The molecule has 23 heavy (non-hydrogen) atoms. The van der Waals surface area contributed by atoms with Crippen molar-refractivity contribution in [3.05, 3.63) is 35.9 Å². The molecule has 0 bridgehead atoms. The molecule has 3 rings (SSSR count). The third-order valence-corrected chi connectivity index (χ3v) is 5.75. The second kappa shape index (κ2) is 8.63. The van der Waals surface area contributed by atoms with Crippen molar-refractivity contribution in [1.82, 2.24) is 15.1 Å². The Balaban J connectivity index is 1.46. The summed E-state index contributed by atoms with van der Waals surface area (Å²) in [4.78, 5) is 2.47. The van der Waals surface area contributed by atoms with Gasteiger partial charge in [0.1, 0.15) is 0 Å². The summed E-state index contributed by atoms with van der Waals surface area (Å²) in [7, 11) is 0. The standard InChI is InChI=1S/C16H22N4OS2/c1-2-17-15-18-19-16(23-15)22-12-14-11-20(8-9-21-14)10-13-6-4-3-5-7-13/h3-7,14H,2,8-12H2,1H3,(H,17,18). The lowest BCUT2D eigenvalue weighted by Crippen LogP contribution is -2.43. The molecule has 0 aliphatic carbocycles. The van der Waals surface area contributed by atoms with Crippen LogP contribution in [0.25, 0.3) is 0 Å². The van der Waals surface area contributed by atoms with Gasteiger partial charge in [-0.15, -0.1) is 10.2 Å². The highest BCUT2D eigenvalue weighted by atomic mass is 32.2. The second-order valence-corrected chi connectivity index (χ2v) is 7.67. The number of benzene rings is 1. The Bertz CT molecular complexity index is 593. The van der Waals surface area contributed by atoms with Crippen molar-refractivity contribution in [2.45, 2.75) is 23.9 Å². The Morgan fingerprint density at radius 3 is 3.04 bits per heavy atom. The van der Waals surface area contributed by atoms with Crippen molar-refractivity contribution in [3.63, 3.8) is 0 Å². The number of hydrogen-bond donors (Lipinski definition) is 1. The average molecular weight is 351 g/mol. The highest BCUT2D eigenvalue weighted by Gasteiger charge is 2.21. The van der Waals surface area contributed by atoms with Crippen LogP contribution in [0, 0.1) is 0 Å². The number of rotatable bonds is 7. The summed E-state index contributed by atoms with van der Waals surface area (Å²) in [5.74, 6) is 0.923. The lowest BCUT2D eigenvalue weighted by Gasteiger charge is -2.32. The molecule has 7 heteroatoms. The summed E-state index contributed by atoms with van der Waals surface area (Å²) < 4.78 is 6.90. The molecule has 1 unspecified atom stereocenters. The van der Waals surface area contributed by atoms with Crippen LogP contribution in [0.1, 0.15) is 12.5 Å². The van der Waals surface area contributed by atoms with Crippen LogP contribution in [-0.4, -0.2) is 53.2 Å². The van der Waals surface area contributed by atoms with Gasteiger partial charge in [0.15, 0.2) is 4.34 Å². The van der Waals surface area contributed by atoms with Crippen LogP contribution < -0.4 is 5.32 Å². The second-order valence-electron chi connectivity index (χ2n) is 5.43. The van der Waals surface area contributed by atoms with E-state index in [1.165, 1.54) is 5.56 Å². The predicted molar refractivity (Wildman–Crippen MR) is 96.3 cm³/mol. The van der Waals surface area contributed by atoms with E-state index in [1.54, 1.807) is 23.1 Å². The Morgan fingerprint density at radius 1 is 1.35 bits per heavy atom. The molecule has 5 nitrogen and oxygen atoms in total. The minimum Gasteiger partial charge on any atom is -0.375 e. The van der Waals surface area contributed by atoms with Gasteiger partial charge in [-0.2, -0.15) is 0 Å². The van der Waals surface area contributed by atoms with Crippen molar-refractivity contribution < 1.29 is 4.74 Å². The third-order valence-electron chi connectivity index (χ3n) is 3.60. The first-order chi connectivity index (χ1) is 11.3. The van der Waals surface area contributed by atoms with Crippen LogP contribution in [0.15, 0.2) is 34.7 Å². The molecule has 1 N–H and O–H groups in total. The molecule has 0 amide bonds. The summed E-state index contributed by atoms with van der Waals surface area (Å²) in [5, 5.41) is 12.4. The normalized spacial score (nSPS) is 18.9. The molecular weight excluding hydrogens is 328 g/mol. The van der Waals surface area contributed by atoms with E-state index in [0.717, 1.165) is 48.0 Å². The van der Waals surface area contributed by atoms with Gasteiger partial charge >= 0.3 is 0 Å². The fourth-order valence-corrected chi connectivity index (χ4v) is 4.37. The topological polar surface area (TPSA) is 50.3 Å². The van der Waals surface area contributed by atoms with Crippen molar-refractivity contribution in [3.8, 4) is 0 Å². The monoisotopic (exact) mass is 350 g/mol. The van der Waals surface area contributed by atoms with Gasteiger partial charge in [-0.05, 0) is 12.5 Å². The molecule has 1 fully saturated rings. The number of morpholine rings is 1. The molecule has 2 aromatic rings. The van der Waals surface area contributed by atoms with E-state index in [0.29, 0.717) is 0 Å². The first-order valence-corrected chi connectivity index (χ1v) is 9.71. The van der Waals surface area contributed by atoms with Gasteiger partial charge in [0.25, 0.3) is 0 Å². The first-order valence-electron chi connectivity index (χ1n) is 7.91. The number of nitrogens with zero attached hydrogens (tertiary/aromatic N) is 3. The number of hydrogen-bond acceptors (Lipinski definition) is 7. The summed E-state index contributed by atoms with van der Waals surface area (Å²) in [6, 6.07) is 10.6. The van der Waals surface area contributed by atoms with Crippen molar-refractivity contribution in [2.75, 3.05) is 37.3 Å². The van der Waals surface area contributed by atoms with Crippen molar-refractivity contribution in [1.29, 1.82) is 0 Å². The van der Waals surface area contributed by atoms with E-state index in [-0.39, 0.29) is 6.10 Å². The van der Waals surface area contributed by atoms with Crippen molar-refractivity contribution >= 4 is 28.2 Å². The van der Waals surface area contributed by atoms with Crippen molar-refractivity contribution in [2.24, 2.45) is 0 Å². The van der Waals surface area contributed by atoms with Gasteiger partial charge in [-0.1, -0.05) is 53.4 Å². The zero-order valence-corrected chi connectivity index (χ0v) is 14.9. The molecule has 2 heterocycles. The van der Waals surface area contributed by atoms with E-state index in [9.17, 15) is 0 Å². The maximum absolute atomic E-state index is 5.90. The summed E-state index contributed by atoms with van der Waals surface area (Å²) in [6.07, 6.45) is 0.254. The maximum Gasteiger partial charge on any atom is 0.206 e. The van der Waals surface area contributed by atoms with Gasteiger partial charge in [-0.3, -0.25) is 4.90 Å². The molecule has 124 valence electrons. The quantitative estimate of drug-likeness (QED) is 0.775. The van der Waals surface area contributed by atoms with Crippen LogP contribution in [0.4, 0.5) is 5.13 Å². The van der Waals surface area contributed by atoms with E-state index in [4.69, 9.17) is 4.74 Å². The van der Waals surface area contributed by atoms with Crippen LogP contribution >= 0.6 is 23.1 Å². The van der Waals surface area contributed by atoms with Crippen LogP contribution in [0.5, 0.6) is 0 Å². The molecule has 1 aliphatic heterocycles. The molecule has 0 spiro atoms. The molecule has 1 aliphatic rings. The predicted octanol–water partition coefficient (Wildman–Crippen LogP) is 2.96.